The van der Waals surface area contributed by atoms with E-state index in [-0.39, 0.29) is 17.0 Å². The topological polar surface area (TPSA) is 35.2 Å². The summed E-state index contributed by atoms with van der Waals surface area (Å²) in [6.45, 7) is 0.658. The molecule has 0 amide bonds. The van der Waals surface area contributed by atoms with Crippen molar-refractivity contribution in [2.45, 2.75) is 6.42 Å². The summed E-state index contributed by atoms with van der Waals surface area (Å²) in [5.41, 5.74) is 6.65. The van der Waals surface area contributed by atoms with Gasteiger partial charge in [-0.1, -0.05) is 15.9 Å². The highest BCUT2D eigenvalue weighted by atomic mass is 79.9. The first kappa shape index (κ1) is 12.9. The molecule has 13 heavy (non-hydrogen) atoms. The molecule has 0 unspecified atom stereocenters. The maximum Gasteiger partial charge on any atom is 0.119 e. The Hall–Kier alpha value is -0.0600. The average molecular weight is 311 g/mol. The molecule has 0 aliphatic carbocycles. The van der Waals surface area contributed by atoms with E-state index in [4.69, 9.17) is 10.5 Å². The molecule has 0 bridgehead atoms. The van der Waals surface area contributed by atoms with Gasteiger partial charge in [-0.15, -0.1) is 17.0 Å². The lowest BCUT2D eigenvalue weighted by Gasteiger charge is -2.05. The predicted octanol–water partition coefficient (Wildman–Crippen LogP) is 2.54. The minimum Gasteiger partial charge on any atom is -0.497 e. The Labute approximate surface area is 97.4 Å². The molecule has 0 saturated heterocycles. The fourth-order valence-electron chi connectivity index (χ4n) is 1.03. The molecule has 0 heterocycles. The zero-order valence-corrected chi connectivity index (χ0v) is 10.7. The van der Waals surface area contributed by atoms with Crippen LogP contribution in [0.1, 0.15) is 5.56 Å². The van der Waals surface area contributed by atoms with Gasteiger partial charge in [-0.3, -0.25) is 0 Å². The molecule has 1 aromatic carbocycles. The lowest BCUT2D eigenvalue weighted by Crippen LogP contribution is -2.03. The lowest BCUT2D eigenvalue weighted by atomic mass is 10.1. The molecular weight excluding hydrogens is 298 g/mol. The number of halogens is 2. The van der Waals surface area contributed by atoms with Crippen LogP contribution in [0.15, 0.2) is 22.7 Å². The Bertz CT molecular complexity index is 266. The van der Waals surface area contributed by atoms with E-state index in [1.807, 2.05) is 18.2 Å². The average Bonchev–Trinajstić information content (AvgIpc) is 2.09. The summed E-state index contributed by atoms with van der Waals surface area (Å²) < 4.78 is 6.19. The van der Waals surface area contributed by atoms with Crippen molar-refractivity contribution in [2.75, 3.05) is 13.7 Å². The summed E-state index contributed by atoms with van der Waals surface area (Å²) in [4.78, 5) is 0. The molecule has 0 aliphatic rings. The van der Waals surface area contributed by atoms with Gasteiger partial charge in [0.2, 0.25) is 0 Å². The zero-order chi connectivity index (χ0) is 8.97. The Morgan fingerprint density at radius 3 is 2.69 bits per heavy atom. The maximum atomic E-state index is 5.46. The van der Waals surface area contributed by atoms with E-state index in [0.717, 1.165) is 16.6 Å². The first-order valence-corrected chi connectivity index (χ1v) is 4.59. The summed E-state index contributed by atoms with van der Waals surface area (Å²) in [7, 11) is 1.66. The fraction of sp³-hybridized carbons (Fsp3) is 0.333. The van der Waals surface area contributed by atoms with E-state index in [1.165, 1.54) is 5.56 Å². The zero-order valence-electron chi connectivity index (χ0n) is 7.42. The third kappa shape index (κ3) is 3.67. The molecule has 74 valence electrons. The quantitative estimate of drug-likeness (QED) is 0.931. The van der Waals surface area contributed by atoms with Crippen LogP contribution in [-0.2, 0) is 6.42 Å². The highest BCUT2D eigenvalue weighted by molar-refractivity contribution is 9.10. The van der Waals surface area contributed by atoms with Gasteiger partial charge in [0.05, 0.1) is 7.11 Å². The smallest absolute Gasteiger partial charge is 0.119 e. The van der Waals surface area contributed by atoms with E-state index >= 15 is 0 Å². The third-order valence-corrected chi connectivity index (χ3v) is 2.44. The molecule has 0 atom stereocenters. The van der Waals surface area contributed by atoms with Gasteiger partial charge in [0.25, 0.3) is 0 Å². The van der Waals surface area contributed by atoms with Crippen LogP contribution in [0.5, 0.6) is 5.75 Å². The molecule has 0 aliphatic heterocycles. The van der Waals surface area contributed by atoms with Gasteiger partial charge in [-0.25, -0.2) is 0 Å². The van der Waals surface area contributed by atoms with Crippen molar-refractivity contribution in [3.05, 3.63) is 28.2 Å². The van der Waals surface area contributed by atoms with Gasteiger partial charge < -0.3 is 10.5 Å². The second-order valence-electron chi connectivity index (χ2n) is 2.50. The van der Waals surface area contributed by atoms with Gasteiger partial charge in [0.1, 0.15) is 5.75 Å². The van der Waals surface area contributed by atoms with Gasteiger partial charge >= 0.3 is 0 Å². The number of methoxy groups -OCH3 is 1. The molecule has 0 saturated carbocycles. The van der Waals surface area contributed by atoms with Crippen molar-refractivity contribution in [3.63, 3.8) is 0 Å². The maximum absolute atomic E-state index is 5.46. The molecule has 0 radical (unpaired) electrons. The van der Waals surface area contributed by atoms with Crippen molar-refractivity contribution >= 4 is 32.9 Å². The van der Waals surface area contributed by atoms with Crippen molar-refractivity contribution in [1.82, 2.24) is 0 Å². The van der Waals surface area contributed by atoms with Crippen LogP contribution in [0, 0.1) is 0 Å². The number of rotatable bonds is 3. The van der Waals surface area contributed by atoms with Crippen molar-refractivity contribution in [1.29, 1.82) is 0 Å². The van der Waals surface area contributed by atoms with E-state index in [9.17, 15) is 0 Å². The SMILES string of the molecule is Br.COc1ccc(Br)c(CCN)c1. The molecule has 0 spiro atoms. The fourth-order valence-corrected chi connectivity index (χ4v) is 1.47. The predicted molar refractivity (Wildman–Crippen MR) is 63.8 cm³/mol. The van der Waals surface area contributed by atoms with E-state index in [2.05, 4.69) is 15.9 Å². The van der Waals surface area contributed by atoms with Crippen LogP contribution in [-0.4, -0.2) is 13.7 Å². The molecule has 0 fully saturated rings. The summed E-state index contributed by atoms with van der Waals surface area (Å²) in [5.74, 6) is 0.877. The second kappa shape index (κ2) is 6.40. The van der Waals surface area contributed by atoms with Gasteiger partial charge in [-0.05, 0) is 36.7 Å². The minimum atomic E-state index is 0. The highest BCUT2D eigenvalue weighted by Crippen LogP contribution is 2.22. The van der Waals surface area contributed by atoms with Crippen LogP contribution >= 0.6 is 32.9 Å². The normalized spacial score (nSPS) is 9.15. The van der Waals surface area contributed by atoms with Crippen molar-refractivity contribution in [3.8, 4) is 5.75 Å². The number of benzene rings is 1. The van der Waals surface area contributed by atoms with Crippen LogP contribution in [0.4, 0.5) is 0 Å². The highest BCUT2D eigenvalue weighted by Gasteiger charge is 2.00. The summed E-state index contributed by atoms with van der Waals surface area (Å²) in [5, 5.41) is 0. The largest absolute Gasteiger partial charge is 0.497 e. The molecule has 0 aromatic heterocycles. The molecular formula is C9H13Br2NO. The summed E-state index contributed by atoms with van der Waals surface area (Å²) in [6.07, 6.45) is 0.873. The van der Waals surface area contributed by atoms with Gasteiger partial charge in [0, 0.05) is 4.47 Å². The van der Waals surface area contributed by atoms with Crippen LogP contribution < -0.4 is 10.5 Å². The molecule has 1 aromatic rings. The minimum absolute atomic E-state index is 0. The third-order valence-electron chi connectivity index (χ3n) is 1.67. The van der Waals surface area contributed by atoms with Crippen molar-refractivity contribution in [2.24, 2.45) is 5.73 Å². The summed E-state index contributed by atoms with van der Waals surface area (Å²) >= 11 is 3.45. The number of hydrogen-bond acceptors (Lipinski definition) is 2. The number of ether oxygens (including phenoxy) is 1. The molecule has 1 rings (SSSR count). The van der Waals surface area contributed by atoms with Crippen molar-refractivity contribution < 1.29 is 4.74 Å². The second-order valence-corrected chi connectivity index (χ2v) is 3.35. The molecule has 2 nitrogen and oxygen atoms in total. The number of nitrogens with two attached hydrogens (primary N) is 1. The van der Waals surface area contributed by atoms with Crippen LogP contribution in [0.2, 0.25) is 0 Å². The first-order chi connectivity index (χ1) is 5.77. The van der Waals surface area contributed by atoms with Crippen LogP contribution in [0.3, 0.4) is 0 Å². The Balaban J connectivity index is 0.00000144. The van der Waals surface area contributed by atoms with E-state index in [1.54, 1.807) is 7.11 Å². The van der Waals surface area contributed by atoms with Gasteiger partial charge in [0.15, 0.2) is 0 Å². The van der Waals surface area contributed by atoms with Gasteiger partial charge in [-0.2, -0.15) is 0 Å². The first-order valence-electron chi connectivity index (χ1n) is 3.80. The standard InChI is InChI=1S/C9H12BrNO.BrH/c1-12-8-2-3-9(10)7(6-8)4-5-11;/h2-3,6H,4-5,11H2,1H3;1H. The summed E-state index contributed by atoms with van der Waals surface area (Å²) in [6, 6.07) is 5.89. The van der Waals surface area contributed by atoms with Crippen LogP contribution in [0.25, 0.3) is 0 Å². The molecule has 4 heteroatoms. The monoisotopic (exact) mass is 309 g/mol. The Morgan fingerprint density at radius 2 is 2.15 bits per heavy atom. The molecule has 2 N–H and O–H groups in total. The van der Waals surface area contributed by atoms with E-state index < -0.39 is 0 Å². The van der Waals surface area contributed by atoms with E-state index in [0.29, 0.717) is 6.54 Å². The number of hydrogen-bond donors (Lipinski definition) is 1. The lowest BCUT2D eigenvalue weighted by molar-refractivity contribution is 0.414. The Morgan fingerprint density at radius 1 is 1.46 bits per heavy atom. The Kier molecular flexibility index (Phi) is 6.37.